The molecule has 6 heteroatoms. The highest BCUT2D eigenvalue weighted by atomic mass is 16.4. The van der Waals surface area contributed by atoms with Crippen molar-refractivity contribution in [2.75, 3.05) is 0 Å². The predicted octanol–water partition coefficient (Wildman–Crippen LogP) is 8.81. The molecule has 2 aromatic rings. The molecule has 4 rings (SSSR count). The molecule has 0 fully saturated rings. The van der Waals surface area contributed by atoms with E-state index in [0.29, 0.717) is 44.9 Å². The Morgan fingerprint density at radius 3 is 1.62 bits per heavy atom. The zero-order valence-electron chi connectivity index (χ0n) is 24.5. The molecule has 0 unspecified atom stereocenters. The van der Waals surface area contributed by atoms with Crippen molar-refractivity contribution in [2.24, 2.45) is 0 Å². The molecule has 0 amide bonds. The topological polar surface area (TPSA) is 52.6 Å². The van der Waals surface area contributed by atoms with E-state index in [-0.39, 0.29) is 11.6 Å². The molecule has 0 atom stereocenters. The second-order valence-corrected chi connectivity index (χ2v) is 10.8. The van der Waals surface area contributed by atoms with Gasteiger partial charge in [0.2, 0.25) is 0 Å². The number of allylic oxidation sites excluding steroid dienone is 2. The fourth-order valence-electron chi connectivity index (χ4n) is 5.47. The quantitative estimate of drug-likeness (QED) is 0.150. The fourth-order valence-corrected chi connectivity index (χ4v) is 5.47. The second kappa shape index (κ2) is 15.1. The molecule has 2 aliphatic rings. The predicted molar refractivity (Wildman–Crippen MR) is 166 cm³/mol. The van der Waals surface area contributed by atoms with Crippen molar-refractivity contribution >= 4 is 38.0 Å². The first-order valence-corrected chi connectivity index (χ1v) is 15.4. The van der Waals surface area contributed by atoms with Crippen LogP contribution >= 0.6 is 0 Å². The minimum atomic E-state index is -0.190. The lowest BCUT2D eigenvalue weighted by Crippen LogP contribution is -2.28. The smallest absolute Gasteiger partial charge is 0.369 e. The molecule has 0 heterocycles. The maximum absolute atomic E-state index is 14.0. The van der Waals surface area contributed by atoms with Crippen molar-refractivity contribution in [1.29, 1.82) is 0 Å². The lowest BCUT2D eigenvalue weighted by Gasteiger charge is -2.31. The molecular formula is C34H42B2O4. The number of Topliss-reactive ketones (excluding diaryl/α,β-unsaturated/α-hetero) is 2. The molecule has 0 saturated heterocycles. The normalized spacial score (nSPS) is 14.1. The first-order valence-electron chi connectivity index (χ1n) is 15.4. The molecule has 40 heavy (non-hydrogen) atoms. The van der Waals surface area contributed by atoms with Gasteiger partial charge in [-0.25, -0.2) is 0 Å². The van der Waals surface area contributed by atoms with Gasteiger partial charge in [-0.05, 0) is 30.7 Å². The average Bonchev–Trinajstić information content (AvgIpc) is 2.98. The van der Waals surface area contributed by atoms with Crippen LogP contribution < -0.4 is 0 Å². The van der Waals surface area contributed by atoms with E-state index in [2.05, 4.69) is 20.8 Å². The van der Waals surface area contributed by atoms with Crippen molar-refractivity contribution in [3.8, 4) is 0 Å². The number of aryl methyl sites for hydroxylation is 1. The van der Waals surface area contributed by atoms with Gasteiger partial charge in [0.05, 0.1) is 11.1 Å². The van der Waals surface area contributed by atoms with Gasteiger partial charge in [-0.3, -0.25) is 9.59 Å². The molecule has 2 aromatic carbocycles. The van der Waals surface area contributed by atoms with E-state index in [1.807, 2.05) is 42.5 Å². The zero-order chi connectivity index (χ0) is 28.3. The Hall–Kier alpha value is -3.01. The van der Waals surface area contributed by atoms with E-state index < -0.39 is 0 Å². The SMILES string of the molecule is CCCCCCC[B]OC1=C2C(=O)c3ccc(CC)cc3C(O[B]CCCCCCC)=C2C(=O)c2ccccc21. The van der Waals surface area contributed by atoms with Crippen LogP contribution in [0.15, 0.2) is 53.6 Å². The minimum absolute atomic E-state index is 0.186. The summed E-state index contributed by atoms with van der Waals surface area (Å²) in [6.45, 7) is 6.50. The maximum atomic E-state index is 14.0. The van der Waals surface area contributed by atoms with Gasteiger partial charge < -0.3 is 9.31 Å². The fraction of sp³-hybridized carbons (Fsp3) is 0.471. The standard InChI is InChI=1S/C34H42B2O4/c1-4-7-9-11-15-21-35-39-33-27-18-14-13-17-25(27)31(37)30-29(33)32(38)26-20-19-24(6-3)23-28(26)34(30)40-36-22-16-12-10-8-5-2/h13-14,17-20,23H,4-12,15-16,21-22H2,1-3H3. The molecule has 0 aliphatic heterocycles. The van der Waals surface area contributed by atoms with Crippen LogP contribution in [0.2, 0.25) is 12.6 Å². The number of carbonyl (C=O) groups is 2. The van der Waals surface area contributed by atoms with E-state index in [1.54, 1.807) is 15.0 Å². The lowest BCUT2D eigenvalue weighted by atomic mass is 9.75. The van der Waals surface area contributed by atoms with Crippen molar-refractivity contribution in [3.05, 3.63) is 81.4 Å². The Kier molecular flexibility index (Phi) is 11.3. The van der Waals surface area contributed by atoms with Gasteiger partial charge in [-0.2, -0.15) is 0 Å². The minimum Gasteiger partial charge on any atom is -0.562 e. The zero-order valence-corrected chi connectivity index (χ0v) is 24.5. The van der Waals surface area contributed by atoms with E-state index in [4.69, 9.17) is 9.31 Å². The Labute approximate surface area is 242 Å². The van der Waals surface area contributed by atoms with Gasteiger partial charge in [0, 0.05) is 22.3 Å². The molecule has 0 bridgehead atoms. The first-order chi connectivity index (χ1) is 19.6. The van der Waals surface area contributed by atoms with Crippen molar-refractivity contribution in [1.82, 2.24) is 0 Å². The molecule has 208 valence electrons. The summed E-state index contributed by atoms with van der Waals surface area (Å²) < 4.78 is 12.6. The number of carbonyl (C=O) groups excluding carboxylic acids is 2. The molecule has 4 nitrogen and oxygen atoms in total. The Balaban J connectivity index is 1.70. The highest BCUT2D eigenvalue weighted by Crippen LogP contribution is 2.45. The molecule has 0 aromatic heterocycles. The summed E-state index contributed by atoms with van der Waals surface area (Å²) in [5, 5.41) is 0. The van der Waals surface area contributed by atoms with Gasteiger partial charge in [-0.1, -0.05) is 121 Å². The van der Waals surface area contributed by atoms with Crippen LogP contribution in [-0.4, -0.2) is 26.5 Å². The molecule has 2 aliphatic carbocycles. The Morgan fingerprint density at radius 1 is 0.575 bits per heavy atom. The van der Waals surface area contributed by atoms with E-state index in [0.717, 1.165) is 50.3 Å². The van der Waals surface area contributed by atoms with E-state index in [9.17, 15) is 9.59 Å². The molecular weight excluding hydrogens is 494 g/mol. The van der Waals surface area contributed by atoms with Crippen LogP contribution in [0.25, 0.3) is 11.5 Å². The number of ketones is 2. The summed E-state index contributed by atoms with van der Waals surface area (Å²) in [4.78, 5) is 28.0. The van der Waals surface area contributed by atoms with Crippen molar-refractivity contribution < 1.29 is 18.9 Å². The first kappa shape index (κ1) is 30.0. The summed E-state index contributed by atoms with van der Waals surface area (Å²) in [5.74, 6) is 0.543. The third-order valence-electron chi connectivity index (χ3n) is 7.81. The van der Waals surface area contributed by atoms with Gasteiger partial charge in [0.1, 0.15) is 11.5 Å². The second-order valence-electron chi connectivity index (χ2n) is 10.8. The number of unbranched alkanes of at least 4 members (excludes halogenated alkanes) is 8. The summed E-state index contributed by atoms with van der Waals surface area (Å²) in [6.07, 6.45) is 14.1. The molecule has 0 saturated carbocycles. The third-order valence-corrected chi connectivity index (χ3v) is 7.81. The molecule has 2 radical (unpaired) electrons. The highest BCUT2D eigenvalue weighted by molar-refractivity contribution is 6.37. The highest BCUT2D eigenvalue weighted by Gasteiger charge is 2.41. The van der Waals surface area contributed by atoms with E-state index >= 15 is 0 Å². The van der Waals surface area contributed by atoms with Crippen molar-refractivity contribution in [2.45, 2.75) is 104 Å². The van der Waals surface area contributed by atoms with Gasteiger partial charge in [0.25, 0.3) is 0 Å². The van der Waals surface area contributed by atoms with Crippen LogP contribution in [0.1, 0.15) is 122 Å². The van der Waals surface area contributed by atoms with E-state index in [1.165, 1.54) is 38.5 Å². The van der Waals surface area contributed by atoms with Crippen LogP contribution in [0.5, 0.6) is 0 Å². The summed E-state index contributed by atoms with van der Waals surface area (Å²) in [7, 11) is 3.60. The number of hydrogen-bond donors (Lipinski definition) is 0. The van der Waals surface area contributed by atoms with Crippen LogP contribution in [0.4, 0.5) is 0 Å². The Morgan fingerprint density at radius 2 is 1.07 bits per heavy atom. The van der Waals surface area contributed by atoms with Crippen LogP contribution in [0, 0.1) is 0 Å². The number of hydrogen-bond acceptors (Lipinski definition) is 4. The average molecular weight is 536 g/mol. The monoisotopic (exact) mass is 536 g/mol. The van der Waals surface area contributed by atoms with Crippen molar-refractivity contribution in [3.63, 3.8) is 0 Å². The number of fused-ring (bicyclic) bond motifs is 3. The maximum Gasteiger partial charge on any atom is 0.369 e. The van der Waals surface area contributed by atoms with Gasteiger partial charge in [-0.15, -0.1) is 0 Å². The largest absolute Gasteiger partial charge is 0.562 e. The Bertz CT molecular complexity index is 1260. The molecule has 0 N–H and O–H groups in total. The summed E-state index contributed by atoms with van der Waals surface area (Å²) >= 11 is 0. The number of benzene rings is 2. The number of rotatable bonds is 17. The summed E-state index contributed by atoms with van der Waals surface area (Å²) in [6, 6.07) is 13.3. The summed E-state index contributed by atoms with van der Waals surface area (Å²) in [5.41, 5.74) is 4.17. The lowest BCUT2D eigenvalue weighted by molar-refractivity contribution is 0.0989. The molecule has 0 spiro atoms. The van der Waals surface area contributed by atoms with Gasteiger partial charge in [0.15, 0.2) is 11.6 Å². The van der Waals surface area contributed by atoms with Crippen LogP contribution in [0.3, 0.4) is 0 Å². The van der Waals surface area contributed by atoms with Gasteiger partial charge >= 0.3 is 15.0 Å². The third kappa shape index (κ3) is 6.82. The van der Waals surface area contributed by atoms with Crippen LogP contribution in [-0.2, 0) is 15.7 Å².